The number of hydrogen-bond donors (Lipinski definition) is 1. The number of aliphatic hydroxyl groups is 1. The molecule has 2 amide bonds. The maximum atomic E-state index is 13.7. The quantitative estimate of drug-likeness (QED) is 0.667. The SMILES string of the molecule is COc1ccc(C(=O)N2C[C@@H]3[C@H](c4ccccc42)[C@@H](CO)N3C(=O)c2cccc(F)c2)cc1. The lowest BCUT2D eigenvalue weighted by Gasteiger charge is -2.58. The number of halogens is 1. The minimum atomic E-state index is -0.497. The van der Waals surface area contributed by atoms with Gasteiger partial charge in [0.2, 0.25) is 0 Å². The maximum Gasteiger partial charge on any atom is 0.258 e. The van der Waals surface area contributed by atoms with Gasteiger partial charge in [-0.3, -0.25) is 9.59 Å². The lowest BCUT2D eigenvalue weighted by molar-refractivity contribution is -0.0246. The van der Waals surface area contributed by atoms with E-state index in [9.17, 15) is 19.1 Å². The molecule has 0 saturated carbocycles. The van der Waals surface area contributed by atoms with Crippen molar-refractivity contribution in [2.45, 2.75) is 18.0 Å². The second-order valence-electron chi connectivity index (χ2n) is 8.27. The van der Waals surface area contributed by atoms with Gasteiger partial charge in [0.1, 0.15) is 11.6 Å². The summed E-state index contributed by atoms with van der Waals surface area (Å²) >= 11 is 0. The van der Waals surface area contributed by atoms with Gasteiger partial charge in [-0.15, -0.1) is 0 Å². The Bertz CT molecular complexity index is 1210. The van der Waals surface area contributed by atoms with Crippen molar-refractivity contribution in [3.05, 3.63) is 95.3 Å². The molecule has 0 aromatic heterocycles. The number of carbonyl (C=O) groups is 2. The maximum absolute atomic E-state index is 13.7. The van der Waals surface area contributed by atoms with E-state index in [0.29, 0.717) is 11.3 Å². The first-order valence-corrected chi connectivity index (χ1v) is 10.8. The van der Waals surface area contributed by atoms with Crippen LogP contribution in [0.4, 0.5) is 10.1 Å². The first-order valence-electron chi connectivity index (χ1n) is 10.8. The van der Waals surface area contributed by atoms with Crippen LogP contribution in [0.3, 0.4) is 0 Å². The third-order valence-electron chi connectivity index (χ3n) is 6.58. The van der Waals surface area contributed by atoms with E-state index in [2.05, 4.69) is 0 Å². The van der Waals surface area contributed by atoms with Gasteiger partial charge in [0.15, 0.2) is 0 Å². The van der Waals surface area contributed by atoms with Crippen molar-refractivity contribution in [3.8, 4) is 5.75 Å². The van der Waals surface area contributed by atoms with Gasteiger partial charge < -0.3 is 19.6 Å². The molecule has 168 valence electrons. The molecule has 1 N–H and O–H groups in total. The number of hydrogen-bond acceptors (Lipinski definition) is 4. The summed E-state index contributed by atoms with van der Waals surface area (Å²) < 4.78 is 18.9. The summed E-state index contributed by atoms with van der Waals surface area (Å²) in [6, 6.07) is 19.2. The van der Waals surface area contributed by atoms with Crippen LogP contribution in [0.1, 0.15) is 32.2 Å². The summed E-state index contributed by atoms with van der Waals surface area (Å²) in [4.78, 5) is 30.0. The molecule has 2 aliphatic rings. The molecule has 2 aliphatic heterocycles. The molecule has 5 rings (SSSR count). The summed E-state index contributed by atoms with van der Waals surface area (Å²) in [5.41, 5.74) is 2.41. The lowest BCUT2D eigenvalue weighted by Crippen LogP contribution is -2.70. The minimum Gasteiger partial charge on any atom is -0.497 e. The van der Waals surface area contributed by atoms with Gasteiger partial charge >= 0.3 is 0 Å². The zero-order valence-corrected chi connectivity index (χ0v) is 18.0. The van der Waals surface area contributed by atoms with Crippen molar-refractivity contribution >= 4 is 17.5 Å². The van der Waals surface area contributed by atoms with E-state index in [4.69, 9.17) is 4.74 Å². The Kier molecular flexibility index (Phi) is 5.34. The van der Waals surface area contributed by atoms with Crippen LogP contribution in [0.25, 0.3) is 0 Å². The molecular formula is C26H23FN2O4. The number of fused-ring (bicyclic) bond motifs is 3. The van der Waals surface area contributed by atoms with Crippen LogP contribution in [0.5, 0.6) is 5.75 Å². The van der Waals surface area contributed by atoms with Crippen molar-refractivity contribution in [1.82, 2.24) is 4.90 Å². The summed E-state index contributed by atoms with van der Waals surface area (Å²) in [5.74, 6) is -0.491. The Labute approximate surface area is 190 Å². The first-order chi connectivity index (χ1) is 16.0. The van der Waals surface area contributed by atoms with Crippen LogP contribution < -0.4 is 9.64 Å². The van der Waals surface area contributed by atoms with E-state index >= 15 is 0 Å². The van der Waals surface area contributed by atoms with E-state index < -0.39 is 11.9 Å². The fraction of sp³-hybridized carbons (Fsp3) is 0.231. The van der Waals surface area contributed by atoms with Gasteiger partial charge in [-0.25, -0.2) is 4.39 Å². The number of likely N-dealkylation sites (tertiary alicyclic amines) is 1. The number of carbonyl (C=O) groups excluding carboxylic acids is 2. The van der Waals surface area contributed by atoms with Crippen molar-refractivity contribution < 1.29 is 23.8 Å². The second-order valence-corrected chi connectivity index (χ2v) is 8.27. The Balaban J connectivity index is 1.51. The number of benzene rings is 3. The van der Waals surface area contributed by atoms with E-state index in [1.807, 2.05) is 24.3 Å². The summed E-state index contributed by atoms with van der Waals surface area (Å²) in [5, 5.41) is 10.1. The fourth-order valence-electron chi connectivity index (χ4n) is 5.02. The molecule has 0 bridgehead atoms. The highest BCUT2D eigenvalue weighted by atomic mass is 19.1. The number of aliphatic hydroxyl groups excluding tert-OH is 1. The average molecular weight is 446 g/mol. The molecule has 0 spiro atoms. The zero-order valence-electron chi connectivity index (χ0n) is 18.0. The molecule has 1 saturated heterocycles. The monoisotopic (exact) mass is 446 g/mol. The Hall–Kier alpha value is -3.71. The van der Waals surface area contributed by atoms with Crippen LogP contribution in [-0.4, -0.2) is 54.2 Å². The number of amides is 2. The van der Waals surface area contributed by atoms with E-state index in [0.717, 1.165) is 11.3 Å². The molecule has 0 unspecified atom stereocenters. The zero-order chi connectivity index (χ0) is 23.1. The molecule has 7 heteroatoms. The summed E-state index contributed by atoms with van der Waals surface area (Å²) in [7, 11) is 1.57. The van der Waals surface area contributed by atoms with Crippen molar-refractivity contribution in [1.29, 1.82) is 0 Å². The minimum absolute atomic E-state index is 0.108. The molecule has 33 heavy (non-hydrogen) atoms. The van der Waals surface area contributed by atoms with Crippen LogP contribution in [0.2, 0.25) is 0 Å². The van der Waals surface area contributed by atoms with Crippen LogP contribution in [-0.2, 0) is 0 Å². The van der Waals surface area contributed by atoms with Crippen molar-refractivity contribution in [3.63, 3.8) is 0 Å². The highest BCUT2D eigenvalue weighted by Crippen LogP contribution is 2.48. The largest absolute Gasteiger partial charge is 0.497 e. The first kappa shape index (κ1) is 21.2. The predicted octanol–water partition coefficient (Wildman–Crippen LogP) is 3.46. The predicted molar refractivity (Wildman–Crippen MR) is 121 cm³/mol. The van der Waals surface area contributed by atoms with Crippen LogP contribution in [0, 0.1) is 5.82 Å². The van der Waals surface area contributed by atoms with Crippen LogP contribution in [0.15, 0.2) is 72.8 Å². The fourth-order valence-corrected chi connectivity index (χ4v) is 5.02. The third kappa shape index (κ3) is 3.45. The van der Waals surface area contributed by atoms with Crippen molar-refractivity contribution in [2.24, 2.45) is 0 Å². The van der Waals surface area contributed by atoms with Crippen molar-refractivity contribution in [2.75, 3.05) is 25.2 Å². The Morgan fingerprint density at radius 1 is 1.00 bits per heavy atom. The third-order valence-corrected chi connectivity index (χ3v) is 6.58. The lowest BCUT2D eigenvalue weighted by atomic mass is 9.71. The normalized spacial score (nSPS) is 21.0. The van der Waals surface area contributed by atoms with E-state index in [1.54, 1.807) is 47.2 Å². The molecule has 6 nitrogen and oxygen atoms in total. The van der Waals surface area contributed by atoms with Gasteiger partial charge in [0.05, 0.1) is 25.8 Å². The molecule has 1 fully saturated rings. The molecule has 3 aromatic carbocycles. The smallest absolute Gasteiger partial charge is 0.258 e. The van der Waals surface area contributed by atoms with Gasteiger partial charge in [0.25, 0.3) is 11.8 Å². The molecule has 0 radical (unpaired) electrons. The molecular weight excluding hydrogens is 423 g/mol. The molecule has 3 atom stereocenters. The van der Waals surface area contributed by atoms with Crippen LogP contribution >= 0.6 is 0 Å². The number of ether oxygens (including phenoxy) is 1. The number of para-hydroxylation sites is 1. The Morgan fingerprint density at radius 2 is 1.76 bits per heavy atom. The summed E-state index contributed by atoms with van der Waals surface area (Å²) in [6.07, 6.45) is 0. The second kappa shape index (κ2) is 8.33. The van der Waals surface area contributed by atoms with Gasteiger partial charge in [0, 0.05) is 29.3 Å². The average Bonchev–Trinajstić information content (AvgIpc) is 2.84. The number of methoxy groups -OCH3 is 1. The van der Waals surface area contributed by atoms with E-state index in [1.165, 1.54) is 18.2 Å². The number of rotatable bonds is 4. The molecule has 2 heterocycles. The highest BCUT2D eigenvalue weighted by Gasteiger charge is 2.55. The molecule has 3 aromatic rings. The molecule has 0 aliphatic carbocycles. The summed E-state index contributed by atoms with van der Waals surface area (Å²) in [6.45, 7) is 0.0626. The van der Waals surface area contributed by atoms with E-state index in [-0.39, 0.29) is 42.5 Å². The Morgan fingerprint density at radius 3 is 2.45 bits per heavy atom. The highest BCUT2D eigenvalue weighted by molar-refractivity contribution is 6.07. The number of nitrogens with zero attached hydrogens (tertiary/aromatic N) is 2. The topological polar surface area (TPSA) is 70.1 Å². The van der Waals surface area contributed by atoms with Gasteiger partial charge in [-0.1, -0.05) is 24.3 Å². The standard InChI is InChI=1S/C26H23FN2O4/c1-33-19-11-9-16(10-12-19)25(31)28-14-22-24(20-7-2-3-8-21(20)28)23(15-30)29(22)26(32)17-5-4-6-18(27)13-17/h2-13,22-24,30H,14-15H2,1H3/t22-,23-,24+/m1/s1. The number of anilines is 1. The van der Waals surface area contributed by atoms with Gasteiger partial charge in [-0.2, -0.15) is 0 Å². The van der Waals surface area contributed by atoms with Gasteiger partial charge in [-0.05, 0) is 54.1 Å².